The smallest absolute Gasteiger partial charge is 0.262 e. The van der Waals surface area contributed by atoms with Crippen LogP contribution in [0.15, 0.2) is 100 Å². The lowest BCUT2D eigenvalue weighted by Crippen LogP contribution is -2.18. The molecule has 0 amide bonds. The van der Waals surface area contributed by atoms with Crippen molar-refractivity contribution in [1.82, 2.24) is 14.9 Å². The fraction of sp³-hybridized carbons (Fsp3) is 0.226. The maximum atomic E-state index is 12.4. The maximum absolute atomic E-state index is 12.4. The second-order valence-corrected chi connectivity index (χ2v) is 8.86. The molecule has 0 saturated heterocycles. The summed E-state index contributed by atoms with van der Waals surface area (Å²) < 4.78 is 5.95. The molecule has 3 aromatic carbocycles. The number of aryl methyl sites for hydroxylation is 1. The molecule has 5 rings (SSSR count). The van der Waals surface area contributed by atoms with Crippen LogP contribution in [0.1, 0.15) is 31.4 Å². The molecule has 184 valence electrons. The van der Waals surface area contributed by atoms with E-state index in [2.05, 4.69) is 78.2 Å². The van der Waals surface area contributed by atoms with Crippen molar-refractivity contribution in [2.75, 3.05) is 13.6 Å². The number of aromatic nitrogens is 2. The number of aromatic amines is 1. The SMILES string of the molecule is CCCN(C)Cc1ccccc1.CCc1ccc(-c2c(-c3ccccc3)oc3nc[nH]c(=O)c23)cc1. The Balaban J connectivity index is 0.000000214. The van der Waals surface area contributed by atoms with E-state index >= 15 is 0 Å². The number of fused-ring (bicyclic) bond motifs is 1. The Morgan fingerprint density at radius 2 is 1.50 bits per heavy atom. The Hall–Kier alpha value is -3.96. The highest BCUT2D eigenvalue weighted by Gasteiger charge is 2.20. The van der Waals surface area contributed by atoms with Gasteiger partial charge in [0.1, 0.15) is 11.1 Å². The molecule has 0 bridgehead atoms. The molecule has 0 unspecified atom stereocenters. The van der Waals surface area contributed by atoms with Gasteiger partial charge in [0.2, 0.25) is 5.71 Å². The Morgan fingerprint density at radius 1 is 0.833 bits per heavy atom. The molecule has 0 fully saturated rings. The lowest BCUT2D eigenvalue weighted by atomic mass is 9.98. The Bertz CT molecular complexity index is 1420. The second-order valence-electron chi connectivity index (χ2n) is 8.86. The van der Waals surface area contributed by atoms with Gasteiger partial charge < -0.3 is 14.3 Å². The van der Waals surface area contributed by atoms with E-state index < -0.39 is 0 Å². The number of hydrogen-bond donors (Lipinski definition) is 1. The summed E-state index contributed by atoms with van der Waals surface area (Å²) in [6.07, 6.45) is 3.57. The fourth-order valence-electron chi connectivity index (χ4n) is 4.27. The number of H-pyrrole nitrogens is 1. The Morgan fingerprint density at radius 3 is 2.14 bits per heavy atom. The van der Waals surface area contributed by atoms with Crippen molar-refractivity contribution in [2.45, 2.75) is 33.2 Å². The number of nitrogens with zero attached hydrogens (tertiary/aromatic N) is 2. The summed E-state index contributed by atoms with van der Waals surface area (Å²) in [5, 5.41) is 0.487. The summed E-state index contributed by atoms with van der Waals surface area (Å²) in [5.41, 5.74) is 5.46. The quantitative estimate of drug-likeness (QED) is 0.275. The monoisotopic (exact) mass is 479 g/mol. The van der Waals surface area contributed by atoms with Crippen LogP contribution >= 0.6 is 0 Å². The van der Waals surface area contributed by atoms with Crippen molar-refractivity contribution in [3.63, 3.8) is 0 Å². The van der Waals surface area contributed by atoms with E-state index in [1.54, 1.807) is 0 Å². The normalized spacial score (nSPS) is 10.9. The van der Waals surface area contributed by atoms with E-state index in [1.165, 1.54) is 30.4 Å². The molecule has 0 atom stereocenters. The maximum Gasteiger partial charge on any atom is 0.262 e. The summed E-state index contributed by atoms with van der Waals surface area (Å²) in [6, 6.07) is 28.6. The minimum absolute atomic E-state index is 0.194. The van der Waals surface area contributed by atoms with Gasteiger partial charge in [-0.25, -0.2) is 4.98 Å². The van der Waals surface area contributed by atoms with E-state index in [-0.39, 0.29) is 5.56 Å². The third-order valence-electron chi connectivity index (χ3n) is 6.08. The van der Waals surface area contributed by atoms with Gasteiger partial charge in [-0.1, -0.05) is 98.8 Å². The van der Waals surface area contributed by atoms with Gasteiger partial charge in [0.25, 0.3) is 5.56 Å². The van der Waals surface area contributed by atoms with E-state index in [0.717, 1.165) is 29.7 Å². The summed E-state index contributed by atoms with van der Waals surface area (Å²) in [7, 11) is 2.16. The second kappa shape index (κ2) is 12.1. The summed E-state index contributed by atoms with van der Waals surface area (Å²) in [4.78, 5) is 21.6. The van der Waals surface area contributed by atoms with Crippen LogP contribution < -0.4 is 5.56 Å². The standard InChI is InChI=1S/C20H16N2O2.C11H17N/c1-2-13-8-10-14(11-9-13)16-17-19(23)21-12-22-20(17)24-18(16)15-6-4-3-5-7-15;1-3-9-12(2)10-11-7-5-4-6-8-11/h3-12H,2H2,1H3,(H,21,22,23);4-8H,3,9-10H2,1-2H3. The minimum Gasteiger partial charge on any atom is -0.437 e. The van der Waals surface area contributed by atoms with Crippen LogP contribution in [0.2, 0.25) is 0 Å². The van der Waals surface area contributed by atoms with Crippen LogP contribution in [0.25, 0.3) is 33.6 Å². The zero-order valence-corrected chi connectivity index (χ0v) is 21.2. The number of furan rings is 1. The molecule has 36 heavy (non-hydrogen) atoms. The molecule has 5 nitrogen and oxygen atoms in total. The molecule has 2 heterocycles. The Labute approximate surface area is 212 Å². The van der Waals surface area contributed by atoms with Crippen LogP contribution in [0.4, 0.5) is 0 Å². The predicted octanol–water partition coefficient (Wildman–Crippen LogP) is 6.94. The first-order valence-corrected chi connectivity index (χ1v) is 12.5. The van der Waals surface area contributed by atoms with Gasteiger partial charge in [-0.05, 0) is 43.1 Å². The van der Waals surface area contributed by atoms with Crippen molar-refractivity contribution in [1.29, 1.82) is 0 Å². The van der Waals surface area contributed by atoms with Crippen molar-refractivity contribution >= 4 is 11.1 Å². The zero-order chi connectivity index (χ0) is 25.3. The first-order valence-electron chi connectivity index (χ1n) is 12.5. The van der Waals surface area contributed by atoms with Gasteiger partial charge in [-0.3, -0.25) is 4.79 Å². The van der Waals surface area contributed by atoms with Crippen molar-refractivity contribution in [3.05, 3.63) is 113 Å². The summed E-state index contributed by atoms with van der Waals surface area (Å²) >= 11 is 0. The van der Waals surface area contributed by atoms with Crippen LogP contribution in [-0.2, 0) is 13.0 Å². The fourth-order valence-corrected chi connectivity index (χ4v) is 4.27. The molecule has 0 spiro atoms. The van der Waals surface area contributed by atoms with Crippen molar-refractivity contribution < 1.29 is 4.42 Å². The van der Waals surface area contributed by atoms with Gasteiger partial charge in [0.15, 0.2) is 0 Å². The predicted molar refractivity (Wildman–Crippen MR) is 148 cm³/mol. The van der Waals surface area contributed by atoms with Gasteiger partial charge in [-0.2, -0.15) is 0 Å². The van der Waals surface area contributed by atoms with Gasteiger partial charge in [0.05, 0.1) is 6.33 Å². The molecule has 0 aliphatic rings. The molecular weight excluding hydrogens is 446 g/mol. The molecule has 0 radical (unpaired) electrons. The van der Waals surface area contributed by atoms with Gasteiger partial charge >= 0.3 is 0 Å². The van der Waals surface area contributed by atoms with E-state index in [1.807, 2.05) is 42.5 Å². The van der Waals surface area contributed by atoms with E-state index in [9.17, 15) is 4.79 Å². The topological polar surface area (TPSA) is 62.1 Å². The molecule has 2 aromatic heterocycles. The highest BCUT2D eigenvalue weighted by molar-refractivity contribution is 5.99. The van der Waals surface area contributed by atoms with Crippen molar-refractivity contribution in [2.24, 2.45) is 0 Å². The van der Waals surface area contributed by atoms with Crippen molar-refractivity contribution in [3.8, 4) is 22.5 Å². The van der Waals surface area contributed by atoms with Crippen LogP contribution in [0, 0.1) is 0 Å². The highest BCUT2D eigenvalue weighted by atomic mass is 16.3. The largest absolute Gasteiger partial charge is 0.437 e. The highest BCUT2D eigenvalue weighted by Crippen LogP contribution is 2.38. The van der Waals surface area contributed by atoms with Crippen LogP contribution in [0.5, 0.6) is 0 Å². The minimum atomic E-state index is -0.194. The third-order valence-corrected chi connectivity index (χ3v) is 6.08. The summed E-state index contributed by atoms with van der Waals surface area (Å²) in [5.74, 6) is 0.666. The molecule has 0 aliphatic carbocycles. The van der Waals surface area contributed by atoms with Crippen LogP contribution in [-0.4, -0.2) is 28.5 Å². The number of rotatable bonds is 7. The third kappa shape index (κ3) is 5.99. The molecular formula is C31H33N3O2. The summed E-state index contributed by atoms with van der Waals surface area (Å²) in [6.45, 7) is 6.57. The Kier molecular flexibility index (Phi) is 8.48. The zero-order valence-electron chi connectivity index (χ0n) is 21.2. The van der Waals surface area contributed by atoms with Gasteiger partial charge in [-0.15, -0.1) is 0 Å². The van der Waals surface area contributed by atoms with Crippen LogP contribution in [0.3, 0.4) is 0 Å². The molecule has 0 aliphatic heterocycles. The molecule has 5 aromatic rings. The average molecular weight is 480 g/mol. The lowest BCUT2D eigenvalue weighted by molar-refractivity contribution is 0.327. The molecule has 1 N–H and O–H groups in total. The van der Waals surface area contributed by atoms with E-state index in [0.29, 0.717) is 16.9 Å². The average Bonchev–Trinajstić information content (AvgIpc) is 3.31. The lowest BCUT2D eigenvalue weighted by Gasteiger charge is -2.14. The first kappa shape index (κ1) is 25.1. The molecule has 5 heteroatoms. The van der Waals surface area contributed by atoms with E-state index in [4.69, 9.17) is 4.42 Å². The number of hydrogen-bond acceptors (Lipinski definition) is 4. The molecule has 0 saturated carbocycles. The number of nitrogens with one attached hydrogen (secondary N) is 1. The van der Waals surface area contributed by atoms with Gasteiger partial charge in [0, 0.05) is 17.7 Å². The number of benzene rings is 3. The first-order chi connectivity index (χ1) is 17.6.